The number of nitrogens with two attached hydrogens (primary N) is 1. The molecule has 0 bridgehead atoms. The van der Waals surface area contributed by atoms with Gasteiger partial charge < -0.3 is 109 Å². The van der Waals surface area contributed by atoms with Gasteiger partial charge in [-0.2, -0.15) is 0 Å². The maximum Gasteiger partial charge on any atom is 0.410 e. The predicted molar refractivity (Wildman–Crippen MR) is 469 cm³/mol. The number of aliphatic carboxylic acids is 1. The van der Waals surface area contributed by atoms with E-state index in [0.717, 1.165) is 56.8 Å². The minimum atomic E-state index is -1.57. The standard InChI is InChI=1S/C86H114FN17O22S2/c1-58(2)86(4,95-72(105)26-34-116-37-31-102-73(106)24-25-74(102)107)81(113)91-68(17-10-28-89-82(88)114)79(110)90-63-22-21-61(62(53-63)54-100(5)85(115)126-57-64-55-101(99-96-64)30-36-118-39-41-120-43-45-122-47-49-124-51-50-123-48-46-121-44-42-119-40-38-117-35-27-75(108)109)56-104(6,7)32-12-14-60-20-23-69(66(87)52-60)125-33-13-19-71-76(80(111)112)93-84(128-71)103-29-11-15-65-59(3)77(97-98-78(65)103)94-83-92-67-16-8-9-18-70(67)127-83/h8-9,16,18,20-25,52-53,55,58,68H,10-11,13,15,17,19,26-51,54,56-57H2,1-7H3,(H8-,88,89,90,91,92,94,95,97,105,108,109,110,111,112,113,114)/p+1/t68-,86+/m0/s1. The van der Waals surface area contributed by atoms with E-state index in [1.807, 2.05) is 50.2 Å². The van der Waals surface area contributed by atoms with Gasteiger partial charge in [-0.1, -0.05) is 54.5 Å². The number of anilines is 5. The molecule has 0 spiro atoms. The third kappa shape index (κ3) is 33.1. The van der Waals surface area contributed by atoms with Gasteiger partial charge in [0.15, 0.2) is 39.2 Å². The molecule has 2 aliphatic heterocycles. The number of nitrogens with zero attached hydrogens (tertiary/aromatic N) is 11. The van der Waals surface area contributed by atoms with E-state index in [-0.39, 0.29) is 113 Å². The molecule has 694 valence electrons. The second-order valence-electron chi connectivity index (χ2n) is 30.9. The number of benzene rings is 3. The lowest BCUT2D eigenvalue weighted by Crippen LogP contribution is -2.62. The van der Waals surface area contributed by atoms with E-state index in [1.165, 1.54) is 46.6 Å². The summed E-state index contributed by atoms with van der Waals surface area (Å²) in [4.78, 5) is 129. The summed E-state index contributed by atoms with van der Waals surface area (Å²) >= 11 is 2.78. The third-order valence-corrected chi connectivity index (χ3v) is 22.3. The number of urea groups is 1. The zero-order valence-corrected chi connectivity index (χ0v) is 74.8. The van der Waals surface area contributed by atoms with Gasteiger partial charge in [-0.3, -0.25) is 33.7 Å². The van der Waals surface area contributed by atoms with Gasteiger partial charge >= 0.3 is 24.1 Å². The van der Waals surface area contributed by atoms with Crippen molar-refractivity contribution in [3.05, 3.63) is 129 Å². The van der Waals surface area contributed by atoms with Crippen LogP contribution in [0.3, 0.4) is 0 Å². The Kier molecular flexibility index (Phi) is 41.0. The number of ether oxygens (including phenoxy) is 11. The van der Waals surface area contributed by atoms with E-state index in [1.54, 1.807) is 56.0 Å². The molecule has 7 aromatic rings. The van der Waals surface area contributed by atoms with Crippen molar-refractivity contribution in [1.29, 1.82) is 0 Å². The Labute approximate surface area is 749 Å². The van der Waals surface area contributed by atoms with Gasteiger partial charge in [0.2, 0.25) is 17.7 Å². The molecule has 6 heterocycles. The van der Waals surface area contributed by atoms with Crippen molar-refractivity contribution in [2.45, 2.75) is 117 Å². The van der Waals surface area contributed by atoms with E-state index >= 15 is 4.39 Å². The molecule has 39 nitrogen and oxygen atoms in total. The van der Waals surface area contributed by atoms with Gasteiger partial charge in [0.05, 0.1) is 176 Å². The summed E-state index contributed by atoms with van der Waals surface area (Å²) in [6.45, 7) is 13.8. The molecule has 2 aliphatic rings. The number of thiazole rings is 2. The van der Waals surface area contributed by atoms with Crippen LogP contribution >= 0.6 is 22.7 Å². The Balaban J connectivity index is 0.761. The molecule has 0 unspecified atom stereocenters. The van der Waals surface area contributed by atoms with Crippen molar-refractivity contribution in [3.63, 3.8) is 0 Å². The number of rotatable bonds is 59. The molecular weight excluding hydrogens is 1710 g/mol. The number of halogens is 1. The van der Waals surface area contributed by atoms with Gasteiger partial charge in [0.1, 0.15) is 37.0 Å². The highest BCUT2D eigenvalue weighted by atomic mass is 32.1. The van der Waals surface area contributed by atoms with Crippen LogP contribution < -0.4 is 42.0 Å². The number of aromatic nitrogens is 7. The number of aromatic carboxylic acids is 1. The summed E-state index contributed by atoms with van der Waals surface area (Å²) in [5, 5.41) is 51.9. The smallest absolute Gasteiger partial charge is 0.410 e. The van der Waals surface area contributed by atoms with Gasteiger partial charge in [0, 0.05) is 78.1 Å². The van der Waals surface area contributed by atoms with E-state index in [2.05, 4.69) is 68.9 Å². The highest BCUT2D eigenvalue weighted by Gasteiger charge is 2.40. The summed E-state index contributed by atoms with van der Waals surface area (Å²) < 4.78 is 79.8. The van der Waals surface area contributed by atoms with Crippen LogP contribution in [0.5, 0.6) is 5.75 Å². The van der Waals surface area contributed by atoms with Crippen LogP contribution in [-0.2, 0) is 115 Å². The minimum Gasteiger partial charge on any atom is -0.491 e. The molecule has 4 aromatic heterocycles. The highest BCUT2D eigenvalue weighted by Crippen LogP contribution is 2.40. The van der Waals surface area contributed by atoms with Crippen molar-refractivity contribution >= 4 is 114 Å². The van der Waals surface area contributed by atoms with Crippen LogP contribution in [0.1, 0.15) is 108 Å². The first kappa shape index (κ1) is 100. The Morgan fingerprint density at radius 2 is 1.38 bits per heavy atom. The second kappa shape index (κ2) is 52.2. The highest BCUT2D eigenvalue weighted by molar-refractivity contribution is 7.22. The fraction of sp³-hybridized carbons (Fsp3) is 0.523. The normalized spacial score (nSPS) is 13.3. The molecule has 9 rings (SSSR count). The number of aryl methyl sites for hydroxylation is 1. The summed E-state index contributed by atoms with van der Waals surface area (Å²) in [7, 11) is 5.42. The number of amides is 8. The zero-order chi connectivity index (χ0) is 91.8. The van der Waals surface area contributed by atoms with Gasteiger partial charge in [-0.15, -0.1) is 26.6 Å². The second-order valence-corrected chi connectivity index (χ2v) is 32.9. The lowest BCUT2D eigenvalue weighted by molar-refractivity contribution is -0.896. The predicted octanol–water partition coefficient (Wildman–Crippen LogP) is 6.86. The fourth-order valence-corrected chi connectivity index (χ4v) is 14.9. The van der Waals surface area contributed by atoms with Crippen molar-refractivity contribution in [2.75, 3.05) is 188 Å². The molecule has 0 fully saturated rings. The lowest BCUT2D eigenvalue weighted by atomic mass is 9.86. The molecule has 2 atom stereocenters. The SMILES string of the molecule is Cc1c(Nc2nc3ccccc3s2)nnc2c1CCCN2c1nc(C(=O)O)c(CCCOc2ccc(C#CC[N+](C)(C)Cc3ccc(NC(=O)[C@H](CCCNC(N)=O)NC(=O)[C@](C)(NC(=O)CCOCCN4C(=O)C=CC4=O)C(C)C)cc3CN(C)C(=O)OCc3cn(CCOCCOCCOCCOCCOCCOCCOCCOCCC(=O)O)nn3)cc2F)s1. The zero-order valence-electron chi connectivity index (χ0n) is 73.2. The number of carboxylic acids is 2. The molecule has 9 N–H and O–H groups in total. The van der Waals surface area contributed by atoms with Crippen molar-refractivity contribution in [1.82, 2.24) is 60.9 Å². The first-order chi connectivity index (χ1) is 61.6. The monoisotopic (exact) mass is 1820 g/mol. The fourth-order valence-electron chi connectivity index (χ4n) is 12.9. The molecular formula is C86H115FN17O22S2+. The number of carboxylic acid groups (broad SMARTS) is 2. The molecule has 128 heavy (non-hydrogen) atoms. The number of carbonyl (C=O) groups excluding carboxylic acids is 7. The summed E-state index contributed by atoms with van der Waals surface area (Å²) in [6.07, 6.45) is 5.37. The Morgan fingerprint density at radius 1 is 0.742 bits per heavy atom. The molecule has 0 saturated heterocycles. The quantitative estimate of drug-likeness (QED) is 0.00835. The first-order valence-electron chi connectivity index (χ1n) is 42.2. The van der Waals surface area contributed by atoms with Crippen LogP contribution in [0.15, 0.2) is 79.0 Å². The Hall–Kier alpha value is -11.3. The third-order valence-electron chi connectivity index (χ3n) is 20.2. The van der Waals surface area contributed by atoms with Gasteiger partial charge in [-0.25, -0.2) is 33.4 Å². The number of imide groups is 1. The lowest BCUT2D eigenvalue weighted by Gasteiger charge is -2.35. The molecule has 3 aromatic carbocycles. The van der Waals surface area contributed by atoms with Gasteiger partial charge in [0.25, 0.3) is 11.8 Å². The molecule has 0 radical (unpaired) electrons. The molecule has 8 amide bonds. The van der Waals surface area contributed by atoms with Crippen LogP contribution in [0, 0.1) is 30.5 Å². The first-order valence-corrected chi connectivity index (χ1v) is 43.8. The maximum atomic E-state index is 15.8. The topological polar surface area (TPSA) is 474 Å². The number of para-hydroxylation sites is 1. The number of hydrogen-bond acceptors (Lipinski definition) is 30. The number of nitrogens with one attached hydrogen (secondary N) is 5. The number of hydrogen-bond donors (Lipinski definition) is 8. The molecule has 0 saturated carbocycles. The summed E-state index contributed by atoms with van der Waals surface area (Å²) in [6, 6.07) is 15.4. The number of primary amides is 1. The van der Waals surface area contributed by atoms with E-state index < -0.39 is 76.9 Å². The molecule has 0 aliphatic carbocycles. The largest absolute Gasteiger partial charge is 0.491 e. The van der Waals surface area contributed by atoms with Crippen LogP contribution in [0.2, 0.25) is 0 Å². The number of fused-ring (bicyclic) bond motifs is 2. The van der Waals surface area contributed by atoms with E-state index in [0.29, 0.717) is 169 Å². The number of carbonyl (C=O) groups is 9. The van der Waals surface area contributed by atoms with Crippen molar-refractivity contribution in [3.8, 4) is 17.6 Å². The average molecular weight is 1820 g/mol. The van der Waals surface area contributed by atoms with Crippen LogP contribution in [0.4, 0.5) is 41.6 Å². The van der Waals surface area contributed by atoms with Crippen LogP contribution in [0.25, 0.3) is 10.2 Å². The van der Waals surface area contributed by atoms with Crippen molar-refractivity contribution in [2.24, 2.45) is 11.7 Å². The Bertz CT molecular complexity index is 4890. The van der Waals surface area contributed by atoms with E-state index in [9.17, 15) is 48.3 Å². The minimum absolute atomic E-state index is 0.00425. The Morgan fingerprint density at radius 3 is 2.02 bits per heavy atom. The summed E-state index contributed by atoms with van der Waals surface area (Å²) in [5.41, 5.74) is 8.84. The molecule has 42 heteroatoms. The van der Waals surface area contributed by atoms with E-state index in [4.69, 9.17) is 62.9 Å². The maximum absolute atomic E-state index is 15.8. The van der Waals surface area contributed by atoms with Crippen LogP contribution in [-0.4, -0.2) is 298 Å². The average Bonchev–Trinajstić information content (AvgIpc) is 1.51. The van der Waals surface area contributed by atoms with Crippen molar-refractivity contribution < 1.29 is 114 Å². The van der Waals surface area contributed by atoms with Gasteiger partial charge in [-0.05, 0) is 112 Å². The number of quaternary nitrogens is 1. The summed E-state index contributed by atoms with van der Waals surface area (Å²) in [5.74, 6) is 1.39.